The number of terminal acetylenes is 1. The molecular formula is C64H94N10O18S2. The van der Waals surface area contributed by atoms with Gasteiger partial charge in [-0.05, 0) is 105 Å². The van der Waals surface area contributed by atoms with Crippen molar-refractivity contribution >= 4 is 95.8 Å². The molecule has 2 aromatic carbocycles. The first-order valence-electron chi connectivity index (χ1n) is 30.9. The van der Waals surface area contributed by atoms with Crippen LogP contribution in [0.5, 0.6) is 11.5 Å². The lowest BCUT2D eigenvalue weighted by atomic mass is 9.92. The molecule has 0 aromatic heterocycles. The van der Waals surface area contributed by atoms with Gasteiger partial charge in [0.15, 0.2) is 11.6 Å². The number of azide groups is 1. The highest BCUT2D eigenvalue weighted by Gasteiger charge is 2.35. The molecule has 2 aromatic rings. The molecule has 2 rings (SSSR count). The first kappa shape index (κ1) is 83.9. The molecule has 0 saturated carbocycles. The van der Waals surface area contributed by atoms with E-state index in [2.05, 4.69) is 73.1 Å². The zero-order valence-corrected chi connectivity index (χ0v) is 55.7. The summed E-state index contributed by atoms with van der Waals surface area (Å²) in [6, 6.07) is 5.96. The Hall–Kier alpha value is -8.07. The number of unbranched alkanes of at least 4 members (excludes halogenated alkanes) is 1. The van der Waals surface area contributed by atoms with Gasteiger partial charge >= 0.3 is 11.9 Å². The van der Waals surface area contributed by atoms with Crippen LogP contribution in [0.2, 0.25) is 0 Å². The summed E-state index contributed by atoms with van der Waals surface area (Å²) in [7, 11) is 0. The fourth-order valence-corrected chi connectivity index (χ4v) is 9.98. The van der Waals surface area contributed by atoms with Gasteiger partial charge < -0.3 is 72.7 Å². The lowest BCUT2D eigenvalue weighted by Crippen LogP contribution is -2.55. The topological polar surface area (TPSA) is 462 Å². The maximum absolute atomic E-state index is 13.7. The molecule has 0 aliphatic rings. The summed E-state index contributed by atoms with van der Waals surface area (Å²) in [6.07, 6.45) is 5.92. The Morgan fingerprint density at radius 3 is 1.65 bits per heavy atom. The van der Waals surface area contributed by atoms with E-state index < -0.39 is 132 Å². The standard InChI is InChI=1S/C38H56N4O10S2.C26H38N6O8/c1-4-5-9-29(45)17-25(8-6-7-14-39)35(48)42-32(22-54)34(47)19-27(21-53)37(50)40-30(16-24-10-12-28(44)13-11-24)33(46)18-26(20-43)36(49)41-31(38(51)52)15-23(2)3;1-16(2)12-21(30-24(37)19(13-17(3)33)14-18-4-6-20(34)7-5-18)26(39)31-22(15-23(35)36)25(38)28-8-10-40-11-9-29-32-27/h1,10-13,23,25-27,30-32,43-44,53-54H,5-9,14-22,39H2,2-3H3,(H,40,50)(H,41,49)(H,42,48)(H,51,52);4-7,16,19,21-22,34H,8-15H2,1-3H3,(H,28,38)(H,30,37)(H,31,39)(H,35,36)/t25-,26+,27+,30-,31+,32+;19-,21+,22-/m10/s1. The van der Waals surface area contributed by atoms with Gasteiger partial charge in [-0.2, -0.15) is 25.3 Å². The maximum Gasteiger partial charge on any atom is 0.326 e. The summed E-state index contributed by atoms with van der Waals surface area (Å²) in [4.78, 5) is 156. The Labute approximate surface area is 559 Å². The number of carbonyl (C=O) groups is 12. The summed E-state index contributed by atoms with van der Waals surface area (Å²) in [6.45, 7) is 8.58. The van der Waals surface area contributed by atoms with Crippen molar-refractivity contribution < 1.29 is 87.8 Å². The van der Waals surface area contributed by atoms with E-state index in [-0.39, 0.29) is 130 Å². The highest BCUT2D eigenvalue weighted by molar-refractivity contribution is 7.80. The highest BCUT2D eigenvalue weighted by atomic mass is 32.1. The molecule has 6 amide bonds. The second kappa shape index (κ2) is 46.9. The molecule has 520 valence electrons. The predicted molar refractivity (Wildman–Crippen MR) is 354 cm³/mol. The van der Waals surface area contributed by atoms with Crippen molar-refractivity contribution in [2.24, 2.45) is 46.4 Å². The van der Waals surface area contributed by atoms with Crippen LogP contribution in [0.25, 0.3) is 10.4 Å². The van der Waals surface area contributed by atoms with Crippen molar-refractivity contribution in [3.8, 4) is 23.8 Å². The van der Waals surface area contributed by atoms with Crippen LogP contribution in [0, 0.1) is 47.9 Å². The minimum Gasteiger partial charge on any atom is -0.508 e. The third-order valence-electron chi connectivity index (χ3n) is 14.4. The number of aliphatic hydroxyl groups is 1. The number of nitrogens with two attached hydrogens (primary N) is 1. The molecule has 13 N–H and O–H groups in total. The number of ketones is 4. The Kier molecular flexibility index (Phi) is 41.9. The number of hydrogen-bond donors (Lipinski definition) is 14. The average Bonchev–Trinajstić information content (AvgIpc) is 0.951. The molecule has 0 radical (unpaired) electrons. The first-order valence-corrected chi connectivity index (χ1v) is 32.2. The number of ether oxygens (including phenoxy) is 1. The predicted octanol–water partition coefficient (Wildman–Crippen LogP) is 3.10. The van der Waals surface area contributed by atoms with Crippen LogP contribution < -0.4 is 37.6 Å². The molecule has 0 fully saturated rings. The molecule has 0 bridgehead atoms. The van der Waals surface area contributed by atoms with Crippen LogP contribution in [-0.4, -0.2) is 177 Å². The number of hydrogen-bond acceptors (Lipinski definition) is 20. The highest BCUT2D eigenvalue weighted by Crippen LogP contribution is 2.21. The number of thiol groups is 2. The number of aliphatic carboxylic acids is 2. The van der Waals surface area contributed by atoms with E-state index >= 15 is 0 Å². The van der Waals surface area contributed by atoms with E-state index in [0.717, 1.165) is 0 Å². The third kappa shape index (κ3) is 35.3. The molecule has 30 heteroatoms. The number of carboxylic acid groups (broad SMARTS) is 2. The number of carboxylic acids is 2. The van der Waals surface area contributed by atoms with E-state index in [9.17, 15) is 83.1 Å². The van der Waals surface area contributed by atoms with E-state index in [0.29, 0.717) is 36.9 Å². The lowest BCUT2D eigenvalue weighted by molar-refractivity contribution is -0.143. The van der Waals surface area contributed by atoms with Crippen molar-refractivity contribution in [2.75, 3.05) is 51.0 Å². The summed E-state index contributed by atoms with van der Waals surface area (Å²) in [5.41, 5.74) is 15.1. The lowest BCUT2D eigenvalue weighted by Gasteiger charge is -2.25. The normalized spacial score (nSPS) is 13.8. The van der Waals surface area contributed by atoms with Gasteiger partial charge in [-0.25, -0.2) is 4.79 Å². The van der Waals surface area contributed by atoms with Gasteiger partial charge in [0, 0.05) is 79.9 Å². The molecule has 9 atom stereocenters. The number of phenolic OH excluding ortho intramolecular Hbond substituents is 2. The number of benzene rings is 2. The van der Waals surface area contributed by atoms with Crippen molar-refractivity contribution in [3.05, 3.63) is 70.1 Å². The Bertz CT molecular complexity index is 2890. The number of phenols is 2. The summed E-state index contributed by atoms with van der Waals surface area (Å²) < 4.78 is 5.18. The number of nitrogens with zero attached hydrogens (tertiary/aromatic N) is 3. The maximum atomic E-state index is 13.7. The van der Waals surface area contributed by atoms with Crippen LogP contribution >= 0.6 is 25.3 Å². The van der Waals surface area contributed by atoms with Crippen LogP contribution in [0.3, 0.4) is 0 Å². The van der Waals surface area contributed by atoms with Crippen LogP contribution in [0.1, 0.15) is 123 Å². The fraction of sp³-hybridized carbons (Fsp3) is 0.594. The summed E-state index contributed by atoms with van der Waals surface area (Å²) in [5, 5.41) is 66.6. The number of carbonyl (C=O) groups excluding carboxylic acids is 10. The van der Waals surface area contributed by atoms with Crippen LogP contribution in [0.15, 0.2) is 53.6 Å². The van der Waals surface area contributed by atoms with E-state index in [1.54, 1.807) is 26.0 Å². The molecular weight excluding hydrogens is 1260 g/mol. The van der Waals surface area contributed by atoms with Gasteiger partial charge in [0.05, 0.1) is 50.2 Å². The van der Waals surface area contributed by atoms with Gasteiger partial charge in [-0.3, -0.25) is 47.9 Å². The number of Topliss-reactive ketones (excluding diaryl/α,β-unsaturated/α-hetero) is 4. The zero-order chi connectivity index (χ0) is 70.9. The van der Waals surface area contributed by atoms with E-state index in [4.69, 9.17) is 22.4 Å². The molecule has 94 heavy (non-hydrogen) atoms. The molecule has 0 spiro atoms. The summed E-state index contributed by atoms with van der Waals surface area (Å²) in [5.74, 6) is -10.1. The fourth-order valence-electron chi connectivity index (χ4n) is 9.39. The minimum absolute atomic E-state index is 0.0250. The Morgan fingerprint density at radius 2 is 1.13 bits per heavy atom. The zero-order valence-electron chi connectivity index (χ0n) is 54.0. The summed E-state index contributed by atoms with van der Waals surface area (Å²) >= 11 is 8.51. The Morgan fingerprint density at radius 1 is 0.617 bits per heavy atom. The molecule has 0 aliphatic carbocycles. The number of aliphatic hydroxyl groups excluding tert-OH is 1. The van der Waals surface area contributed by atoms with E-state index in [1.165, 1.54) is 43.3 Å². The van der Waals surface area contributed by atoms with Crippen LogP contribution in [0.4, 0.5) is 0 Å². The van der Waals surface area contributed by atoms with Gasteiger partial charge in [0.25, 0.3) is 0 Å². The number of amides is 6. The average molecular weight is 1360 g/mol. The minimum atomic E-state index is -1.41. The quantitative estimate of drug-likeness (QED) is 0.0113. The third-order valence-corrected chi connectivity index (χ3v) is 15.2. The van der Waals surface area contributed by atoms with Gasteiger partial charge in [-0.1, -0.05) is 63.5 Å². The number of nitrogens with one attached hydrogen (secondary N) is 6. The van der Waals surface area contributed by atoms with Crippen LogP contribution in [-0.2, 0) is 75.1 Å². The second-order valence-electron chi connectivity index (χ2n) is 23.4. The van der Waals surface area contributed by atoms with Crippen molar-refractivity contribution in [1.82, 2.24) is 31.9 Å². The first-order chi connectivity index (χ1) is 44.5. The molecule has 0 aliphatic heterocycles. The largest absolute Gasteiger partial charge is 0.508 e. The SMILES string of the molecule is C#CCCC(=O)C[C@@H](CCCCN)C(=O)N[C@@H](CS)C(=O)C[C@@H](CS)C(=O)N[C@H](Cc1ccc(O)cc1)C(=O)C[C@@H](CO)C(=O)N[C@@H](CC(C)C)C(=O)O.CC(=O)C[C@@H](Cc1ccc(O)cc1)C(=O)N[C@H](CC(C)C)C(=O)N[C@@H](CC(=O)O)C(=O)NCCOCCN=[N+]=[N-]. The monoisotopic (exact) mass is 1350 g/mol. The smallest absolute Gasteiger partial charge is 0.326 e. The van der Waals surface area contributed by atoms with Crippen molar-refractivity contribution in [1.29, 1.82) is 0 Å². The molecule has 28 nitrogen and oxygen atoms in total. The second-order valence-corrected chi connectivity index (χ2v) is 24.1. The van der Waals surface area contributed by atoms with Gasteiger partial charge in [0.2, 0.25) is 35.4 Å². The van der Waals surface area contributed by atoms with E-state index in [1.807, 2.05) is 13.8 Å². The molecule has 0 saturated heterocycles. The number of rotatable bonds is 47. The molecule has 0 unspecified atom stereocenters. The number of aromatic hydroxyl groups is 2. The molecule has 0 heterocycles. The van der Waals surface area contributed by atoms with Gasteiger partial charge in [-0.15, -0.1) is 12.3 Å². The van der Waals surface area contributed by atoms with Crippen molar-refractivity contribution in [3.63, 3.8) is 0 Å². The Balaban J connectivity index is 0.000000983. The van der Waals surface area contributed by atoms with Crippen molar-refractivity contribution in [2.45, 2.75) is 155 Å². The van der Waals surface area contributed by atoms with Gasteiger partial charge in [0.1, 0.15) is 41.2 Å².